The molecular formula is C72H69Ir3N6O6-3. The predicted octanol–water partition coefficient (Wildman–Crippen LogP) is 17.1. The Hall–Kier alpha value is -8.25. The molecule has 0 atom stereocenters. The van der Waals surface area contributed by atoms with E-state index in [2.05, 4.69) is 166 Å². The van der Waals surface area contributed by atoms with E-state index < -0.39 is 0 Å². The SMILES string of the molecule is CC(=O)C=C(C)O.CC(=O)C=C(C)O.CC(=O)C=C(C)O.CCn1c2ccccc2c2cc(-c3[c-]cccc3)ncc21.CCn1c2ccccc2c2ccc(-c3[c-]cccc3)nc21.CCn1c2ccccc2c2ccnc(-c3[c-]cccc3)c21.[Ir].[Ir].[Ir]. The number of carbonyl (C=O) groups excluding carboxylic acids is 3. The number of aliphatic hydroxyl groups is 3. The number of hydrogen-bond acceptors (Lipinski definition) is 9. The van der Waals surface area contributed by atoms with E-state index in [1.165, 1.54) is 120 Å². The summed E-state index contributed by atoms with van der Waals surface area (Å²) in [6.07, 6.45) is 7.37. The Bertz CT molecular complexity index is 4230. The molecule has 3 N–H and O–H groups in total. The summed E-state index contributed by atoms with van der Waals surface area (Å²) in [5.41, 5.74) is 13.3. The fourth-order valence-corrected chi connectivity index (χ4v) is 9.87. The maximum atomic E-state index is 10.0. The standard InChI is InChI=1S/3C19H15N2.3C5H8O2.3Ir/c1-2-21-18-11-7-6-10-15(18)16-12-17(20-13-19(16)21)14-8-4-3-5-9-14;1-2-21-18-11-7-6-10-15(18)16-12-13-17(20-19(16)21)14-8-4-3-5-9-14;1-2-21-17-11-7-6-10-15(17)16-12-13-20-18(19(16)21)14-8-4-3-5-9-14;3*1-4(6)3-5(2)7;;;/h3*3-8,10-13H,2H2,1H3;3*3,6H,1-2H3;;;/q3*-1;;;;;;. The van der Waals surface area contributed by atoms with E-state index in [1.807, 2.05) is 79.1 Å². The Kier molecular flexibility index (Phi) is 28.5. The van der Waals surface area contributed by atoms with Crippen molar-refractivity contribution in [2.45, 2.75) is 81.9 Å². The molecule has 453 valence electrons. The molecule has 0 aliphatic rings. The summed E-state index contributed by atoms with van der Waals surface area (Å²) in [5, 5.41) is 32.7. The summed E-state index contributed by atoms with van der Waals surface area (Å²) in [5.74, 6) is -0.187. The fraction of sp³-hybridized carbons (Fsp3) is 0.167. The minimum Gasteiger partial charge on any atom is -0.512 e. The van der Waals surface area contributed by atoms with Gasteiger partial charge in [-0.05, 0) is 98.0 Å². The number of aromatic nitrogens is 6. The number of hydrogen-bond donors (Lipinski definition) is 3. The molecule has 6 heterocycles. The maximum absolute atomic E-state index is 10.0. The topological polar surface area (TPSA) is 165 Å². The summed E-state index contributed by atoms with van der Waals surface area (Å²) in [6, 6.07) is 67.9. The zero-order valence-corrected chi connectivity index (χ0v) is 57.1. The quantitative estimate of drug-likeness (QED) is 0.0724. The minimum atomic E-state index is -0.125. The molecule has 0 spiro atoms. The van der Waals surface area contributed by atoms with Crippen molar-refractivity contribution in [2.24, 2.45) is 0 Å². The van der Waals surface area contributed by atoms with Gasteiger partial charge in [0.1, 0.15) is 5.65 Å². The van der Waals surface area contributed by atoms with E-state index in [1.54, 1.807) is 0 Å². The number of para-hydroxylation sites is 3. The van der Waals surface area contributed by atoms with Crippen LogP contribution in [0.15, 0.2) is 218 Å². The average Bonchev–Trinajstić information content (AvgIpc) is 2.00. The molecule has 87 heavy (non-hydrogen) atoms. The third kappa shape index (κ3) is 18.6. The van der Waals surface area contributed by atoms with Crippen LogP contribution in [-0.4, -0.2) is 61.3 Å². The first kappa shape index (κ1) is 71.2. The van der Waals surface area contributed by atoms with Gasteiger partial charge in [-0.25, -0.2) is 0 Å². The van der Waals surface area contributed by atoms with Crippen LogP contribution in [0.3, 0.4) is 0 Å². The Morgan fingerprint density at radius 3 is 1.28 bits per heavy atom. The molecule has 12 rings (SSSR count). The van der Waals surface area contributed by atoms with E-state index in [4.69, 9.17) is 20.3 Å². The third-order valence-corrected chi connectivity index (χ3v) is 13.1. The van der Waals surface area contributed by atoms with Gasteiger partial charge in [0.15, 0.2) is 17.3 Å². The van der Waals surface area contributed by atoms with Crippen molar-refractivity contribution in [3.63, 3.8) is 0 Å². The molecule has 0 amide bonds. The van der Waals surface area contributed by atoms with Crippen molar-refractivity contribution in [3.05, 3.63) is 236 Å². The normalized spacial score (nSPS) is 10.9. The van der Waals surface area contributed by atoms with Crippen LogP contribution in [0.5, 0.6) is 0 Å². The molecule has 12 nitrogen and oxygen atoms in total. The van der Waals surface area contributed by atoms with Crippen molar-refractivity contribution in [1.82, 2.24) is 28.7 Å². The molecule has 6 aromatic carbocycles. The molecule has 0 bridgehead atoms. The molecule has 12 aromatic rings. The minimum absolute atomic E-state index is 0. The first-order chi connectivity index (χ1) is 40.5. The van der Waals surface area contributed by atoms with Gasteiger partial charge in [-0.15, -0.1) is 108 Å². The van der Waals surface area contributed by atoms with Crippen LogP contribution in [0.4, 0.5) is 0 Å². The first-order valence-electron chi connectivity index (χ1n) is 27.7. The molecule has 0 aliphatic heterocycles. The number of allylic oxidation sites excluding steroid dienone is 6. The van der Waals surface area contributed by atoms with Gasteiger partial charge in [0.2, 0.25) is 0 Å². The van der Waals surface area contributed by atoms with Gasteiger partial charge in [0, 0.05) is 165 Å². The predicted molar refractivity (Wildman–Crippen MR) is 343 cm³/mol. The Labute approximate surface area is 549 Å². The molecule has 0 saturated carbocycles. The molecule has 0 aliphatic carbocycles. The van der Waals surface area contributed by atoms with Crippen molar-refractivity contribution < 1.29 is 90.0 Å². The van der Waals surface area contributed by atoms with Gasteiger partial charge < -0.3 is 39.0 Å². The van der Waals surface area contributed by atoms with Crippen LogP contribution in [-0.2, 0) is 94.3 Å². The van der Waals surface area contributed by atoms with Gasteiger partial charge in [0.05, 0.1) is 28.3 Å². The second-order valence-corrected chi connectivity index (χ2v) is 19.5. The number of ketones is 3. The van der Waals surface area contributed by atoms with Crippen LogP contribution in [0.25, 0.3) is 99.3 Å². The Balaban J connectivity index is 0.000000237. The van der Waals surface area contributed by atoms with Crippen LogP contribution in [0, 0.1) is 18.2 Å². The molecule has 3 radical (unpaired) electrons. The molecular weight excluding hydrogens is 1620 g/mol. The Morgan fingerprint density at radius 1 is 0.425 bits per heavy atom. The largest absolute Gasteiger partial charge is 0.512 e. The van der Waals surface area contributed by atoms with Crippen molar-refractivity contribution >= 4 is 82.9 Å². The van der Waals surface area contributed by atoms with Crippen molar-refractivity contribution in [1.29, 1.82) is 0 Å². The van der Waals surface area contributed by atoms with Gasteiger partial charge in [-0.3, -0.25) is 19.4 Å². The van der Waals surface area contributed by atoms with E-state index in [0.29, 0.717) is 0 Å². The maximum Gasteiger partial charge on any atom is 0.155 e. The molecule has 0 saturated heterocycles. The fourth-order valence-electron chi connectivity index (χ4n) is 9.87. The Morgan fingerprint density at radius 2 is 0.839 bits per heavy atom. The van der Waals surface area contributed by atoms with E-state index in [9.17, 15) is 14.4 Å². The summed E-state index contributed by atoms with van der Waals surface area (Å²) in [7, 11) is 0. The van der Waals surface area contributed by atoms with Gasteiger partial charge in [-0.2, -0.15) is 0 Å². The van der Waals surface area contributed by atoms with Crippen molar-refractivity contribution in [3.8, 4) is 33.8 Å². The first-order valence-corrected chi connectivity index (χ1v) is 27.7. The zero-order valence-electron chi connectivity index (χ0n) is 49.9. The van der Waals surface area contributed by atoms with E-state index in [0.717, 1.165) is 59.1 Å². The summed E-state index contributed by atoms with van der Waals surface area (Å²) >= 11 is 0. The second kappa shape index (κ2) is 34.8. The molecule has 6 aromatic heterocycles. The number of aryl methyl sites for hydroxylation is 3. The number of aliphatic hydroxyl groups excluding tert-OH is 3. The molecule has 0 fully saturated rings. The van der Waals surface area contributed by atoms with Gasteiger partial charge in [0.25, 0.3) is 0 Å². The number of pyridine rings is 3. The summed E-state index contributed by atoms with van der Waals surface area (Å²) < 4.78 is 6.93. The van der Waals surface area contributed by atoms with Gasteiger partial charge >= 0.3 is 0 Å². The third-order valence-electron chi connectivity index (χ3n) is 13.1. The number of rotatable bonds is 9. The van der Waals surface area contributed by atoms with Crippen LogP contribution >= 0.6 is 0 Å². The zero-order chi connectivity index (χ0) is 60.3. The second-order valence-electron chi connectivity index (χ2n) is 19.5. The molecule has 0 unspecified atom stereocenters. The number of carbonyl (C=O) groups is 3. The summed E-state index contributed by atoms with van der Waals surface area (Å²) in [6.45, 7) is 17.8. The average molecular weight is 1690 g/mol. The van der Waals surface area contributed by atoms with Crippen LogP contribution in [0.2, 0.25) is 0 Å². The van der Waals surface area contributed by atoms with Gasteiger partial charge in [-0.1, -0.05) is 72.8 Å². The number of benzene rings is 6. The van der Waals surface area contributed by atoms with Crippen LogP contribution < -0.4 is 0 Å². The van der Waals surface area contributed by atoms with Crippen LogP contribution in [0.1, 0.15) is 62.3 Å². The van der Waals surface area contributed by atoms with E-state index in [-0.39, 0.29) is 94.9 Å². The smallest absolute Gasteiger partial charge is 0.155 e. The monoisotopic (exact) mass is 1690 g/mol. The van der Waals surface area contributed by atoms with Crippen molar-refractivity contribution in [2.75, 3.05) is 0 Å². The summed E-state index contributed by atoms with van der Waals surface area (Å²) in [4.78, 5) is 44.2. The number of fused-ring (bicyclic) bond motifs is 9. The van der Waals surface area contributed by atoms with E-state index >= 15 is 0 Å². The molecule has 15 heteroatoms. The number of nitrogens with zero attached hydrogens (tertiary/aromatic N) is 6.